The Morgan fingerprint density at radius 2 is 1.89 bits per heavy atom. The molecule has 1 atom stereocenters. The highest BCUT2D eigenvalue weighted by atomic mass is 32.2. The van der Waals surface area contributed by atoms with Crippen LogP contribution in [0.25, 0.3) is 0 Å². The van der Waals surface area contributed by atoms with Crippen molar-refractivity contribution in [3.8, 4) is 11.5 Å². The molecule has 0 aromatic heterocycles. The van der Waals surface area contributed by atoms with Crippen molar-refractivity contribution in [3.05, 3.63) is 78.3 Å². The fourth-order valence-electron chi connectivity index (χ4n) is 3.04. The molecule has 0 bridgehead atoms. The van der Waals surface area contributed by atoms with Gasteiger partial charge in [-0.1, -0.05) is 12.1 Å². The second kappa shape index (κ2) is 7.64. The van der Waals surface area contributed by atoms with E-state index in [0.717, 1.165) is 5.57 Å². The van der Waals surface area contributed by atoms with Crippen LogP contribution in [0.15, 0.2) is 72.5 Å². The van der Waals surface area contributed by atoms with Gasteiger partial charge in [-0.15, -0.1) is 0 Å². The van der Waals surface area contributed by atoms with Gasteiger partial charge >= 0.3 is 10.0 Å². The molecule has 0 fully saturated rings. The maximum Gasteiger partial charge on any atom is 0.306 e. The Balaban J connectivity index is 1.97. The summed E-state index contributed by atoms with van der Waals surface area (Å²) in [5, 5.41) is 0. The number of ether oxygens (including phenoxy) is 1. The minimum Gasteiger partial charge on any atom is -0.457 e. The van der Waals surface area contributed by atoms with Crippen molar-refractivity contribution in [3.63, 3.8) is 0 Å². The average molecular weight is 389 g/mol. The first-order valence-electron chi connectivity index (χ1n) is 8.63. The Labute approximate surface area is 158 Å². The Bertz CT molecular complexity index is 985. The fraction of sp³-hybridized carbons (Fsp3) is 0.200. The van der Waals surface area contributed by atoms with Crippen LogP contribution in [0.3, 0.4) is 0 Å². The average Bonchev–Trinajstić information content (AvgIpc) is 2.68. The largest absolute Gasteiger partial charge is 0.457 e. The lowest BCUT2D eigenvalue weighted by Gasteiger charge is -2.34. The lowest BCUT2D eigenvalue weighted by Crippen LogP contribution is -2.51. The van der Waals surface area contributed by atoms with Crippen molar-refractivity contribution >= 4 is 15.7 Å². The predicted molar refractivity (Wildman–Crippen MR) is 105 cm³/mol. The molecule has 0 aliphatic carbocycles. The molecule has 2 N–H and O–H groups in total. The first-order valence-corrected chi connectivity index (χ1v) is 10.2. The number of rotatable bonds is 6. The van der Waals surface area contributed by atoms with E-state index >= 15 is 0 Å². The van der Waals surface area contributed by atoms with Crippen LogP contribution in [0.1, 0.15) is 6.92 Å². The van der Waals surface area contributed by atoms with Gasteiger partial charge in [0.1, 0.15) is 30.1 Å². The summed E-state index contributed by atoms with van der Waals surface area (Å²) in [5.74, 6) is 0.477. The van der Waals surface area contributed by atoms with Crippen molar-refractivity contribution in [2.75, 3.05) is 18.8 Å². The van der Waals surface area contributed by atoms with Crippen LogP contribution in [0, 0.1) is 5.82 Å². The summed E-state index contributed by atoms with van der Waals surface area (Å²) in [6.07, 6.45) is 5.37. The van der Waals surface area contributed by atoms with Gasteiger partial charge in [0, 0.05) is 30.3 Å². The summed E-state index contributed by atoms with van der Waals surface area (Å²) in [6, 6.07) is 12.6. The molecule has 142 valence electrons. The molecule has 1 aliphatic heterocycles. The van der Waals surface area contributed by atoms with Crippen LogP contribution in [-0.4, -0.2) is 27.3 Å². The van der Waals surface area contributed by atoms with Crippen molar-refractivity contribution in [2.24, 2.45) is 5.73 Å². The van der Waals surface area contributed by atoms with Crippen LogP contribution in [0.4, 0.5) is 10.1 Å². The second-order valence-electron chi connectivity index (χ2n) is 6.21. The zero-order chi connectivity index (χ0) is 19.5. The minimum atomic E-state index is -3.49. The third kappa shape index (κ3) is 3.80. The number of nitrogens with two attached hydrogens (primary N) is 1. The van der Waals surface area contributed by atoms with E-state index in [0.29, 0.717) is 23.7 Å². The number of hydrogen-bond acceptors (Lipinski definition) is 4. The standard InChI is InChI=1S/C20H22FN2O3S/c1-2-27(24,25)23(12-4-5-16(14-22)15-23)18-8-10-19(11-9-18)26-20-7-3-6-17(21)13-20/h3-11,13,15H,2,12,14,22H2,1H3/q+1. The summed E-state index contributed by atoms with van der Waals surface area (Å²) in [5.41, 5.74) is 7.09. The van der Waals surface area contributed by atoms with Gasteiger partial charge in [0.2, 0.25) is 0 Å². The molecule has 0 spiro atoms. The topological polar surface area (TPSA) is 69.4 Å². The SMILES string of the molecule is CCS(=O)(=O)[N+]1(c2ccc(Oc3cccc(F)c3)cc2)C=C(CN)C=CC1. The van der Waals surface area contributed by atoms with E-state index in [4.69, 9.17) is 10.5 Å². The fourth-order valence-corrected chi connectivity index (χ4v) is 4.56. The highest BCUT2D eigenvalue weighted by molar-refractivity contribution is 7.91. The van der Waals surface area contributed by atoms with Crippen molar-refractivity contribution < 1.29 is 17.5 Å². The lowest BCUT2D eigenvalue weighted by atomic mass is 10.2. The summed E-state index contributed by atoms with van der Waals surface area (Å²) < 4.78 is 44.5. The Hall–Kier alpha value is -2.48. The van der Waals surface area contributed by atoms with Crippen molar-refractivity contribution in [1.82, 2.24) is 3.89 Å². The quantitative estimate of drug-likeness (QED) is 0.765. The van der Waals surface area contributed by atoms with E-state index in [-0.39, 0.29) is 22.0 Å². The molecule has 1 heterocycles. The van der Waals surface area contributed by atoms with Gasteiger partial charge in [0.05, 0.1) is 5.75 Å². The maximum atomic E-state index is 13.3. The molecule has 2 aromatic rings. The molecular formula is C20H22FN2O3S+. The number of nitrogens with zero attached hydrogens (tertiary/aromatic N) is 1. The van der Waals surface area contributed by atoms with Crippen LogP contribution in [0.2, 0.25) is 0 Å². The van der Waals surface area contributed by atoms with Crippen LogP contribution >= 0.6 is 0 Å². The molecular weight excluding hydrogens is 367 g/mol. The molecule has 0 saturated carbocycles. The molecule has 2 aromatic carbocycles. The smallest absolute Gasteiger partial charge is 0.306 e. The summed E-state index contributed by atoms with van der Waals surface area (Å²) in [6.45, 7) is 2.19. The van der Waals surface area contributed by atoms with E-state index in [1.807, 2.05) is 12.2 Å². The third-order valence-electron chi connectivity index (χ3n) is 4.49. The van der Waals surface area contributed by atoms with Gasteiger partial charge < -0.3 is 10.5 Å². The van der Waals surface area contributed by atoms with Gasteiger partial charge in [-0.2, -0.15) is 12.3 Å². The Kier molecular flexibility index (Phi) is 5.46. The van der Waals surface area contributed by atoms with E-state index in [1.165, 1.54) is 12.1 Å². The lowest BCUT2D eigenvalue weighted by molar-refractivity contribution is 0.475. The van der Waals surface area contributed by atoms with Gasteiger partial charge in [-0.05, 0) is 37.3 Å². The number of sulfonamides is 1. The second-order valence-corrected chi connectivity index (χ2v) is 8.61. The predicted octanol–water partition coefficient (Wildman–Crippen LogP) is 3.69. The molecule has 1 unspecified atom stereocenters. The molecule has 1 aliphatic rings. The molecule has 7 heteroatoms. The van der Waals surface area contributed by atoms with E-state index in [1.54, 1.807) is 49.5 Å². The van der Waals surface area contributed by atoms with E-state index in [9.17, 15) is 12.8 Å². The summed E-state index contributed by atoms with van der Waals surface area (Å²) in [7, 11) is -3.49. The normalized spacial score (nSPS) is 19.6. The summed E-state index contributed by atoms with van der Waals surface area (Å²) in [4.78, 5) is 0. The van der Waals surface area contributed by atoms with Gasteiger partial charge in [0.25, 0.3) is 0 Å². The Morgan fingerprint density at radius 1 is 1.15 bits per heavy atom. The monoisotopic (exact) mass is 389 g/mol. The van der Waals surface area contributed by atoms with Crippen molar-refractivity contribution in [2.45, 2.75) is 6.92 Å². The molecule has 3 rings (SSSR count). The summed E-state index contributed by atoms with van der Waals surface area (Å²) >= 11 is 0. The van der Waals surface area contributed by atoms with Crippen LogP contribution < -0.4 is 14.4 Å². The van der Waals surface area contributed by atoms with Gasteiger partial charge in [0.15, 0.2) is 5.69 Å². The number of quaternary nitrogens is 1. The Morgan fingerprint density at radius 3 is 2.52 bits per heavy atom. The van der Waals surface area contributed by atoms with E-state index in [2.05, 4.69) is 0 Å². The van der Waals surface area contributed by atoms with E-state index < -0.39 is 10.0 Å². The number of halogens is 1. The highest BCUT2D eigenvalue weighted by Gasteiger charge is 2.42. The molecule has 0 saturated heterocycles. The first kappa shape index (κ1) is 19.3. The van der Waals surface area contributed by atoms with Crippen LogP contribution in [-0.2, 0) is 10.0 Å². The van der Waals surface area contributed by atoms with Gasteiger partial charge in [-0.3, -0.25) is 0 Å². The maximum absolute atomic E-state index is 13.3. The highest BCUT2D eigenvalue weighted by Crippen LogP contribution is 2.34. The van der Waals surface area contributed by atoms with Crippen LogP contribution in [0.5, 0.6) is 11.5 Å². The molecule has 0 radical (unpaired) electrons. The first-order chi connectivity index (χ1) is 12.9. The number of hydrogen-bond donors (Lipinski definition) is 1. The molecule has 5 nitrogen and oxygen atoms in total. The van der Waals surface area contributed by atoms with Gasteiger partial charge in [-0.25, -0.2) is 4.39 Å². The zero-order valence-electron chi connectivity index (χ0n) is 15.0. The number of benzene rings is 2. The zero-order valence-corrected chi connectivity index (χ0v) is 15.8. The minimum absolute atomic E-state index is 0.00324. The van der Waals surface area contributed by atoms with Crippen molar-refractivity contribution in [1.29, 1.82) is 0 Å². The molecule has 27 heavy (non-hydrogen) atoms. The third-order valence-corrected chi connectivity index (χ3v) is 6.67. The molecule has 0 amide bonds.